The van der Waals surface area contributed by atoms with Crippen LogP contribution in [0, 0.1) is 89.7 Å². The Hall–Kier alpha value is -5.94. The van der Waals surface area contributed by atoms with Crippen LogP contribution in [0.3, 0.4) is 0 Å². The normalized spacial score (nSPS) is 37.5. The second-order valence-corrected chi connectivity index (χ2v) is 39.8. The van der Waals surface area contributed by atoms with Gasteiger partial charge in [0.2, 0.25) is 0 Å². The van der Waals surface area contributed by atoms with Crippen LogP contribution in [-0.4, -0.2) is 110 Å². The molecule has 0 spiro atoms. The lowest BCUT2D eigenvalue weighted by Crippen LogP contribution is -2.65. The third-order valence-corrected chi connectivity index (χ3v) is 33.2. The lowest BCUT2D eigenvalue weighted by atomic mass is 9.33. The van der Waals surface area contributed by atoms with Crippen LogP contribution in [0.1, 0.15) is 265 Å². The summed E-state index contributed by atoms with van der Waals surface area (Å²) in [5.74, 6) is 2.84. The molecule has 0 radical (unpaired) electrons. The van der Waals surface area contributed by atoms with Crippen molar-refractivity contribution in [2.75, 3.05) is 64.1 Å². The molecule has 2 saturated heterocycles. The Bertz CT molecular complexity index is 4170. The number of allylic oxidation sites excluding steroid dienone is 4. The number of H-pyrrole nitrogens is 4. The van der Waals surface area contributed by atoms with Crippen molar-refractivity contribution in [2.45, 2.75) is 258 Å². The van der Waals surface area contributed by atoms with Gasteiger partial charge >= 0.3 is 11.9 Å². The number of carbonyl (C=O) groups is 2. The maximum atomic E-state index is 14.9. The van der Waals surface area contributed by atoms with Gasteiger partial charge < -0.3 is 40.8 Å². The zero-order chi connectivity index (χ0) is 72.7. The molecule has 0 bridgehead atoms. The average molecular weight is 1440 g/mol. The van der Waals surface area contributed by atoms with Crippen molar-refractivity contribution in [1.82, 2.24) is 40.2 Å². The summed E-state index contributed by atoms with van der Waals surface area (Å²) in [5, 5.41) is 27.0. The quantitative estimate of drug-likeness (QED) is 0.0648. The maximum absolute atomic E-state index is 14.9. The number of carboxylic acids is 1. The number of aliphatic carboxylic acids is 1. The second-order valence-electron chi connectivity index (χ2n) is 39.8. The van der Waals surface area contributed by atoms with Crippen molar-refractivity contribution in [3.05, 3.63) is 117 Å². The highest BCUT2D eigenvalue weighted by atomic mass is 16.5. The molecule has 574 valence electrons. The van der Waals surface area contributed by atoms with Gasteiger partial charge in [0.05, 0.1) is 37.3 Å². The number of nitrogens with zero attached hydrogens (tertiary/aromatic N) is 4. The third-order valence-electron chi connectivity index (χ3n) is 33.2. The topological polar surface area (TPSA) is 230 Å². The van der Waals surface area contributed by atoms with Crippen LogP contribution in [0.15, 0.2) is 66.0 Å². The predicted molar refractivity (Wildman–Crippen MR) is 420 cm³/mol. The summed E-state index contributed by atoms with van der Waals surface area (Å²) in [6.45, 7) is 44.1. The number of carboxylic acid groups (broad SMARTS) is 1. The van der Waals surface area contributed by atoms with Crippen molar-refractivity contribution in [3.63, 3.8) is 0 Å². The van der Waals surface area contributed by atoms with Crippen molar-refractivity contribution < 1.29 is 28.9 Å². The molecule has 0 amide bonds. The third kappa shape index (κ3) is 11.5. The molecule has 5 aromatic rings. The number of anilines is 2. The fraction of sp³-hybridized carbons (Fsp3) is 0.708. The van der Waals surface area contributed by atoms with Crippen LogP contribution < -0.4 is 11.5 Å². The molecule has 4 aromatic heterocycles. The molecule has 16 heteroatoms. The molecule has 6 heterocycles. The van der Waals surface area contributed by atoms with Crippen LogP contribution in [0.4, 0.5) is 11.6 Å². The van der Waals surface area contributed by atoms with E-state index in [9.17, 15) is 14.7 Å². The molecule has 2 aliphatic heterocycles. The second kappa shape index (κ2) is 26.1. The molecular weight excluding hydrogens is 1310 g/mol. The number of hydrogen-bond acceptors (Lipinski definition) is 11. The van der Waals surface area contributed by atoms with E-state index in [4.69, 9.17) is 25.7 Å². The van der Waals surface area contributed by atoms with Gasteiger partial charge in [-0.25, -0.2) is 0 Å². The fourth-order valence-electron chi connectivity index (χ4n) is 27.2. The number of rotatable bonds is 10. The average Bonchev–Trinajstić information content (AvgIpc) is 1.22. The zero-order valence-electron chi connectivity index (χ0n) is 65.1. The largest absolute Gasteiger partial charge is 0.481 e. The maximum Gasteiger partial charge on any atom is 0.313 e. The molecule has 10 aliphatic carbocycles. The van der Waals surface area contributed by atoms with Crippen molar-refractivity contribution in [1.29, 1.82) is 0 Å². The number of esters is 1. The Labute approximate surface area is 628 Å². The van der Waals surface area contributed by atoms with Crippen LogP contribution in [0.25, 0.3) is 11.1 Å². The summed E-state index contributed by atoms with van der Waals surface area (Å²) in [7, 11) is 0. The van der Waals surface area contributed by atoms with E-state index in [2.05, 4.69) is 174 Å². The van der Waals surface area contributed by atoms with E-state index < -0.39 is 16.8 Å². The number of hydrogen-bond donors (Lipinski definition) is 7. The predicted octanol–water partition coefficient (Wildman–Crippen LogP) is 18.1. The molecule has 9 N–H and O–H groups in total. The van der Waals surface area contributed by atoms with E-state index in [1.807, 2.05) is 18.2 Å². The Morgan fingerprint density at radius 2 is 0.962 bits per heavy atom. The number of nitrogens with one attached hydrogen (secondary N) is 4. The van der Waals surface area contributed by atoms with Crippen LogP contribution in [-0.2, 0) is 67.2 Å². The Kier molecular flexibility index (Phi) is 18.9. The summed E-state index contributed by atoms with van der Waals surface area (Å²) < 4.78 is 17.7. The van der Waals surface area contributed by atoms with Crippen LogP contribution in [0.5, 0.6) is 0 Å². The molecule has 17 rings (SSSR count). The van der Waals surface area contributed by atoms with E-state index >= 15 is 0 Å². The summed E-state index contributed by atoms with van der Waals surface area (Å²) in [6.07, 6.45) is 22.4. The summed E-state index contributed by atoms with van der Waals surface area (Å²) in [4.78, 5) is 40.8. The summed E-state index contributed by atoms with van der Waals surface area (Å²) in [6, 6.07) is 15.1. The summed E-state index contributed by atoms with van der Waals surface area (Å²) in [5.41, 5.74) is 29.4. The van der Waals surface area contributed by atoms with Gasteiger partial charge in [0.1, 0.15) is 18.2 Å². The first-order valence-corrected chi connectivity index (χ1v) is 40.2. The first-order chi connectivity index (χ1) is 48.7. The molecule has 14 atom stereocenters. The summed E-state index contributed by atoms with van der Waals surface area (Å²) >= 11 is 0. The Balaban J connectivity index is 0.000000175. The van der Waals surface area contributed by atoms with E-state index in [0.29, 0.717) is 41.9 Å². The minimum absolute atomic E-state index is 0. The minimum Gasteiger partial charge on any atom is -0.481 e. The van der Waals surface area contributed by atoms with Crippen molar-refractivity contribution in [3.8, 4) is 0 Å². The SMILES string of the molecule is C.C.CC1(C)CC[C@]2(C(=O)O)CC[C@]3(C)C(=C(c4c[nH]c(CN5CCOCC5)c4)CC4[C@@]5(C)Cc6c(N)n[nH]c6C(C)(C)[C@@H]5CC[C@]43C)[C@@H]2C1.CC1(C)CC[C@]2(C(=O)OCc3ccccc3)CC[C@]3(C)C(=C(c4c[nH]c(CN5CCOCC5)c4)CC4[C@@]5(C)Cc6c(N)n[nH]c6C(C)(C)[C@@H]5CC[C@]43C)[C@@H]2C1. The number of aromatic nitrogens is 6. The van der Waals surface area contributed by atoms with Gasteiger partial charge in [0, 0.05) is 96.4 Å². The molecule has 8 fully saturated rings. The highest BCUT2D eigenvalue weighted by Crippen LogP contribution is 2.80. The smallest absolute Gasteiger partial charge is 0.313 e. The lowest BCUT2D eigenvalue weighted by molar-refractivity contribution is -0.181. The number of nitrogen functional groups attached to an aromatic ring is 2. The van der Waals surface area contributed by atoms with Crippen molar-refractivity contribution in [2.24, 2.45) is 89.7 Å². The van der Waals surface area contributed by atoms with Gasteiger partial charge in [0.15, 0.2) is 0 Å². The number of carbonyl (C=O) groups excluding carboxylic acids is 1. The van der Waals surface area contributed by atoms with Gasteiger partial charge in [-0.3, -0.25) is 29.6 Å². The number of nitrogens with two attached hydrogens (primary N) is 2. The van der Waals surface area contributed by atoms with E-state index in [1.165, 1.54) is 87.4 Å². The monoisotopic (exact) mass is 1440 g/mol. The Morgan fingerprint density at radius 1 is 0.552 bits per heavy atom. The number of aromatic amines is 4. The molecule has 1 aromatic carbocycles. The van der Waals surface area contributed by atoms with E-state index in [0.717, 1.165) is 161 Å². The molecular formula is C89H132N10O6. The van der Waals surface area contributed by atoms with Crippen molar-refractivity contribution >= 4 is 34.7 Å². The Morgan fingerprint density at radius 3 is 1.40 bits per heavy atom. The number of benzene rings is 1. The molecule has 16 nitrogen and oxygen atoms in total. The zero-order valence-corrected chi connectivity index (χ0v) is 65.1. The standard InChI is InChI=1S/C47H65N5O3.C40H59N5O3.2CH4/c1-42(2)15-17-47(41(53)55-29-30-11-9-8-10-12-30)18-16-46(7)38(35(47)26-42)33(31-23-32(49-27-31)28-52-19-21-54-22-20-52)24-37-44(5)25-34-39(50-51-40(34)48)43(3,4)36(44)13-14-45(37,46)6;1-35(2)10-12-40(34(46)47)13-11-39(7)31(28(40)21-35)26(24-18-25(42-22-24)23-45-14-16-48-17-15-45)19-30-37(5)20-27-32(43-44-33(27)41)36(3,4)29(37)8-9-38(30,39)6;;/h8-12,23,27,35-37,49H,13-22,24-26,28-29H2,1-7H3,(H3,48,50,51);18,22,28-30,42H,8-17,19-21,23H2,1-7H3,(H,46,47)(H3,41,43,44);2*1H4/t35-,36-,37?,44-,45+,46+,47-;28-,29-,30?,37-,38+,39+,40-;;/m00../s1. The highest BCUT2D eigenvalue weighted by Gasteiger charge is 2.73. The molecule has 2 unspecified atom stereocenters. The number of ether oxygens (including phenoxy) is 3. The lowest BCUT2D eigenvalue weighted by Gasteiger charge is -2.71. The molecule has 6 saturated carbocycles. The van der Waals surface area contributed by atoms with Gasteiger partial charge in [-0.05, 0) is 234 Å². The fourth-order valence-corrected chi connectivity index (χ4v) is 27.2. The molecule has 105 heavy (non-hydrogen) atoms. The van der Waals surface area contributed by atoms with E-state index in [1.54, 1.807) is 5.57 Å². The van der Waals surface area contributed by atoms with Gasteiger partial charge in [-0.15, -0.1) is 0 Å². The highest BCUT2D eigenvalue weighted by molar-refractivity contribution is 5.83. The first-order valence-electron chi connectivity index (χ1n) is 40.2. The van der Waals surface area contributed by atoms with E-state index in [-0.39, 0.29) is 86.8 Å². The van der Waals surface area contributed by atoms with Gasteiger partial charge in [-0.2, -0.15) is 10.2 Å². The number of fused-ring (bicyclic) bond motifs is 16. The molecule has 12 aliphatic rings. The van der Waals surface area contributed by atoms with Gasteiger partial charge in [-0.1, -0.05) is 153 Å². The minimum atomic E-state index is -0.681. The van der Waals surface area contributed by atoms with Crippen LogP contribution >= 0.6 is 0 Å². The van der Waals surface area contributed by atoms with Gasteiger partial charge in [0.25, 0.3) is 0 Å². The number of morpholine rings is 2. The first kappa shape index (κ1) is 75.9. The van der Waals surface area contributed by atoms with Crippen LogP contribution in [0.2, 0.25) is 0 Å².